The molecule has 5 nitrogen and oxygen atoms in total. The van der Waals surface area contributed by atoms with Gasteiger partial charge in [-0.25, -0.2) is 0 Å². The summed E-state index contributed by atoms with van der Waals surface area (Å²) >= 11 is 1.63. The summed E-state index contributed by atoms with van der Waals surface area (Å²) in [5.74, 6) is -0.776. The average molecular weight is 400 g/mol. The van der Waals surface area contributed by atoms with Crippen molar-refractivity contribution in [2.45, 2.75) is 53.4 Å². The fourth-order valence-electron chi connectivity index (χ4n) is 3.15. The van der Waals surface area contributed by atoms with Gasteiger partial charge in [0.2, 0.25) is 0 Å². The minimum atomic E-state index is -0.473. The van der Waals surface area contributed by atoms with Crippen LogP contribution >= 0.6 is 11.3 Å². The van der Waals surface area contributed by atoms with Crippen LogP contribution in [0.2, 0.25) is 0 Å². The molecule has 0 bridgehead atoms. The van der Waals surface area contributed by atoms with Gasteiger partial charge < -0.3 is 4.90 Å². The molecule has 0 atom stereocenters. The molecule has 0 spiro atoms. The molecule has 1 aromatic heterocycles. The zero-order chi connectivity index (χ0) is 20.7. The SMILES string of the molecule is CCCCN1C(=O)C(C#N)=C(C)/C(=C\c2ccc(N(CC)CCCC)s2)C1=O. The summed E-state index contributed by atoms with van der Waals surface area (Å²) in [6, 6.07) is 6.07. The molecule has 1 aromatic rings. The summed E-state index contributed by atoms with van der Waals surface area (Å²) in [6.07, 6.45) is 5.72. The van der Waals surface area contributed by atoms with Gasteiger partial charge in [-0.15, -0.1) is 11.3 Å². The van der Waals surface area contributed by atoms with Crippen LogP contribution in [0.5, 0.6) is 0 Å². The second-order valence-corrected chi connectivity index (χ2v) is 7.99. The van der Waals surface area contributed by atoms with Crippen molar-refractivity contribution >= 4 is 34.2 Å². The van der Waals surface area contributed by atoms with Gasteiger partial charge in [-0.05, 0) is 50.5 Å². The Balaban J connectivity index is 2.37. The van der Waals surface area contributed by atoms with Crippen LogP contribution in [-0.2, 0) is 9.59 Å². The minimum Gasteiger partial charge on any atom is -0.364 e. The first-order valence-corrected chi connectivity index (χ1v) is 10.8. The van der Waals surface area contributed by atoms with Gasteiger partial charge in [-0.3, -0.25) is 14.5 Å². The van der Waals surface area contributed by atoms with Crippen molar-refractivity contribution in [3.05, 3.63) is 33.7 Å². The number of carbonyl (C=O) groups excluding carboxylic acids is 2. The Bertz CT molecular complexity index is 829. The number of nitriles is 1. The summed E-state index contributed by atoms with van der Waals surface area (Å²) in [7, 11) is 0. The lowest BCUT2D eigenvalue weighted by Gasteiger charge is -2.27. The zero-order valence-electron chi connectivity index (χ0n) is 17.2. The van der Waals surface area contributed by atoms with Crippen molar-refractivity contribution in [3.8, 4) is 6.07 Å². The lowest BCUT2D eigenvalue weighted by Crippen LogP contribution is -2.43. The quantitative estimate of drug-likeness (QED) is 0.443. The number of hydrogen-bond donors (Lipinski definition) is 0. The third-order valence-electron chi connectivity index (χ3n) is 4.93. The monoisotopic (exact) mass is 399 g/mol. The van der Waals surface area contributed by atoms with Gasteiger partial charge in [0.1, 0.15) is 11.6 Å². The highest BCUT2D eigenvalue weighted by molar-refractivity contribution is 7.17. The first kappa shape index (κ1) is 21.9. The molecule has 0 saturated carbocycles. The van der Waals surface area contributed by atoms with Gasteiger partial charge in [0.15, 0.2) is 0 Å². The van der Waals surface area contributed by atoms with E-state index >= 15 is 0 Å². The molecule has 2 heterocycles. The van der Waals surface area contributed by atoms with Crippen LogP contribution < -0.4 is 4.90 Å². The first-order valence-electron chi connectivity index (χ1n) is 10.0. The Kier molecular flexibility index (Phi) is 8.01. The fourth-order valence-corrected chi connectivity index (χ4v) is 4.19. The molecular formula is C22H29N3O2S. The van der Waals surface area contributed by atoms with Crippen LogP contribution in [0.3, 0.4) is 0 Å². The van der Waals surface area contributed by atoms with Crippen molar-refractivity contribution in [1.82, 2.24) is 4.90 Å². The summed E-state index contributed by atoms with van der Waals surface area (Å²) < 4.78 is 0. The van der Waals surface area contributed by atoms with E-state index in [0.29, 0.717) is 17.7 Å². The first-order chi connectivity index (χ1) is 13.5. The molecule has 0 unspecified atom stereocenters. The maximum Gasteiger partial charge on any atom is 0.271 e. The van der Waals surface area contributed by atoms with Crippen LogP contribution in [-0.4, -0.2) is 36.3 Å². The van der Waals surface area contributed by atoms with E-state index in [1.807, 2.05) is 25.1 Å². The highest BCUT2D eigenvalue weighted by Crippen LogP contribution is 2.32. The number of nitrogens with zero attached hydrogens (tertiary/aromatic N) is 3. The maximum absolute atomic E-state index is 12.9. The standard InChI is InChI=1S/C22H29N3O2S/c1-5-8-12-24(7-3)20-11-10-17(28-20)14-18-16(4)19(15-23)22(27)25(21(18)26)13-9-6-2/h10-11,14H,5-9,12-13H2,1-4H3/b18-14+. The number of rotatable bonds is 9. The summed E-state index contributed by atoms with van der Waals surface area (Å²) in [4.78, 5) is 30.0. The van der Waals surface area contributed by atoms with E-state index in [0.717, 1.165) is 43.6 Å². The van der Waals surface area contributed by atoms with E-state index < -0.39 is 5.91 Å². The second-order valence-electron chi connectivity index (χ2n) is 6.89. The van der Waals surface area contributed by atoms with Crippen molar-refractivity contribution in [2.75, 3.05) is 24.5 Å². The number of imide groups is 1. The molecular weight excluding hydrogens is 370 g/mol. The van der Waals surface area contributed by atoms with Gasteiger partial charge in [0.05, 0.1) is 5.00 Å². The second kappa shape index (κ2) is 10.2. The van der Waals surface area contributed by atoms with Crippen molar-refractivity contribution < 1.29 is 9.59 Å². The molecule has 0 aliphatic carbocycles. The maximum atomic E-state index is 12.9. The van der Waals surface area contributed by atoms with Crippen molar-refractivity contribution in [3.63, 3.8) is 0 Å². The van der Waals surface area contributed by atoms with E-state index in [2.05, 4.69) is 24.8 Å². The topological polar surface area (TPSA) is 64.4 Å². The Labute approximate surface area is 171 Å². The molecule has 0 fully saturated rings. The van der Waals surface area contributed by atoms with Crippen LogP contribution in [0.25, 0.3) is 6.08 Å². The highest BCUT2D eigenvalue weighted by Gasteiger charge is 2.35. The van der Waals surface area contributed by atoms with Crippen molar-refractivity contribution in [1.29, 1.82) is 5.26 Å². The van der Waals surface area contributed by atoms with E-state index in [-0.39, 0.29) is 11.5 Å². The number of hydrogen-bond acceptors (Lipinski definition) is 5. The average Bonchev–Trinajstić information content (AvgIpc) is 3.15. The van der Waals surface area contributed by atoms with Gasteiger partial charge in [0, 0.05) is 30.1 Å². The Morgan fingerprint density at radius 1 is 1.14 bits per heavy atom. The Morgan fingerprint density at radius 3 is 2.46 bits per heavy atom. The summed E-state index contributed by atoms with van der Waals surface area (Å²) in [5.41, 5.74) is 0.979. The van der Waals surface area contributed by atoms with E-state index in [4.69, 9.17) is 0 Å². The number of anilines is 1. The molecule has 1 aliphatic heterocycles. The lowest BCUT2D eigenvalue weighted by atomic mass is 9.94. The summed E-state index contributed by atoms with van der Waals surface area (Å²) in [5, 5.41) is 10.6. The van der Waals surface area contributed by atoms with Gasteiger partial charge >= 0.3 is 0 Å². The third-order valence-corrected chi connectivity index (χ3v) is 6.03. The van der Waals surface area contributed by atoms with Crippen LogP contribution in [0.4, 0.5) is 5.00 Å². The van der Waals surface area contributed by atoms with Crippen LogP contribution in [0.15, 0.2) is 28.9 Å². The Morgan fingerprint density at radius 2 is 1.86 bits per heavy atom. The molecule has 1 aliphatic rings. The van der Waals surface area contributed by atoms with Gasteiger partial charge in [-0.1, -0.05) is 26.7 Å². The normalized spacial score (nSPS) is 16.1. The molecule has 150 valence electrons. The molecule has 2 amide bonds. The molecule has 0 radical (unpaired) electrons. The highest BCUT2D eigenvalue weighted by atomic mass is 32.1. The third kappa shape index (κ3) is 4.71. The number of amides is 2. The fraction of sp³-hybridized carbons (Fsp3) is 0.500. The van der Waals surface area contributed by atoms with E-state index in [1.54, 1.807) is 18.3 Å². The largest absolute Gasteiger partial charge is 0.364 e. The molecule has 6 heteroatoms. The zero-order valence-corrected chi connectivity index (χ0v) is 18.1. The smallest absolute Gasteiger partial charge is 0.271 e. The Hall–Kier alpha value is -2.39. The lowest BCUT2D eigenvalue weighted by molar-refractivity contribution is -0.140. The molecule has 0 aromatic carbocycles. The van der Waals surface area contributed by atoms with Gasteiger partial charge in [0.25, 0.3) is 11.8 Å². The number of carbonyl (C=O) groups is 2. The van der Waals surface area contributed by atoms with Crippen LogP contribution in [0.1, 0.15) is 58.3 Å². The van der Waals surface area contributed by atoms with E-state index in [9.17, 15) is 14.9 Å². The molecule has 2 rings (SSSR count). The number of thiophene rings is 1. The molecule has 0 N–H and O–H groups in total. The minimum absolute atomic E-state index is 0.0665. The van der Waals surface area contributed by atoms with Crippen molar-refractivity contribution in [2.24, 2.45) is 0 Å². The predicted molar refractivity (Wildman–Crippen MR) is 115 cm³/mol. The predicted octanol–water partition coefficient (Wildman–Crippen LogP) is 4.77. The van der Waals surface area contributed by atoms with E-state index in [1.165, 1.54) is 9.90 Å². The number of unbranched alkanes of at least 4 members (excludes halogenated alkanes) is 2. The molecule has 28 heavy (non-hydrogen) atoms. The summed E-state index contributed by atoms with van der Waals surface area (Å²) in [6.45, 7) is 10.3. The molecule has 0 saturated heterocycles. The van der Waals surface area contributed by atoms with Gasteiger partial charge in [-0.2, -0.15) is 5.26 Å². The van der Waals surface area contributed by atoms with Crippen LogP contribution in [0, 0.1) is 11.3 Å².